The van der Waals surface area contributed by atoms with Crippen molar-refractivity contribution in [2.45, 2.75) is 32.4 Å². The molecule has 0 saturated carbocycles. The van der Waals surface area contributed by atoms with Crippen molar-refractivity contribution in [3.8, 4) is 0 Å². The van der Waals surface area contributed by atoms with Crippen LogP contribution >= 0.6 is 0 Å². The van der Waals surface area contributed by atoms with Gasteiger partial charge in [0.15, 0.2) is 0 Å². The number of amides is 2. The van der Waals surface area contributed by atoms with Crippen LogP contribution < -0.4 is 10.6 Å². The minimum Gasteiger partial charge on any atom is -0.478 e. The van der Waals surface area contributed by atoms with E-state index in [1.165, 1.54) is 13.8 Å². The second kappa shape index (κ2) is 12.0. The van der Waals surface area contributed by atoms with Gasteiger partial charge >= 0.3 is 11.9 Å². The lowest BCUT2D eigenvalue weighted by Gasteiger charge is -2.21. The van der Waals surface area contributed by atoms with Crippen molar-refractivity contribution in [3.63, 3.8) is 0 Å². The summed E-state index contributed by atoms with van der Waals surface area (Å²) < 4.78 is 5.37. The lowest BCUT2D eigenvalue weighted by Crippen LogP contribution is -2.31. The summed E-state index contributed by atoms with van der Waals surface area (Å²) in [4.78, 5) is 47.4. The van der Waals surface area contributed by atoms with Crippen LogP contribution in [0.15, 0.2) is 72.3 Å². The van der Waals surface area contributed by atoms with Crippen molar-refractivity contribution in [2.75, 3.05) is 6.61 Å². The van der Waals surface area contributed by atoms with Crippen LogP contribution in [0, 0.1) is 0 Å². The maximum Gasteiger partial charge on any atom is 0.334 e. The van der Waals surface area contributed by atoms with Crippen LogP contribution in [-0.2, 0) is 23.9 Å². The van der Waals surface area contributed by atoms with Gasteiger partial charge in [0.05, 0.1) is 12.1 Å². The van der Waals surface area contributed by atoms with Crippen molar-refractivity contribution in [2.24, 2.45) is 0 Å². The lowest BCUT2D eigenvalue weighted by atomic mass is 9.98. The molecule has 0 heterocycles. The fourth-order valence-corrected chi connectivity index (χ4v) is 3.16. The van der Waals surface area contributed by atoms with E-state index >= 15 is 0 Å². The van der Waals surface area contributed by atoms with Crippen LogP contribution in [0.25, 0.3) is 0 Å². The van der Waals surface area contributed by atoms with Crippen LogP contribution in [-0.4, -0.2) is 35.5 Å². The summed E-state index contributed by atoms with van der Waals surface area (Å²) in [6.45, 7) is 2.51. The van der Waals surface area contributed by atoms with E-state index in [0.717, 1.165) is 11.6 Å². The summed E-state index contributed by atoms with van der Waals surface area (Å²) in [5.74, 6) is -2.78. The molecule has 2 amide bonds. The summed E-state index contributed by atoms with van der Waals surface area (Å²) in [5, 5.41) is 14.7. The quantitative estimate of drug-likeness (QED) is 0.387. The van der Waals surface area contributed by atoms with Crippen LogP contribution in [0.1, 0.15) is 43.5 Å². The van der Waals surface area contributed by atoms with E-state index in [-0.39, 0.29) is 30.4 Å². The summed E-state index contributed by atoms with van der Waals surface area (Å²) in [6, 6.07) is 16.7. The highest BCUT2D eigenvalue weighted by atomic mass is 16.5. The topological polar surface area (TPSA) is 122 Å². The minimum atomic E-state index is -1.31. The Kier molecular flexibility index (Phi) is 9.16. The molecule has 3 N–H and O–H groups in total. The third-order valence-corrected chi connectivity index (χ3v) is 4.52. The van der Waals surface area contributed by atoms with Gasteiger partial charge in [-0.3, -0.25) is 9.59 Å². The van der Waals surface area contributed by atoms with Gasteiger partial charge in [-0.2, -0.15) is 0 Å². The van der Waals surface area contributed by atoms with Gasteiger partial charge in [0.1, 0.15) is 6.61 Å². The number of carbonyl (C=O) groups is 4. The van der Waals surface area contributed by atoms with Crippen molar-refractivity contribution >= 4 is 23.8 Å². The van der Waals surface area contributed by atoms with Crippen molar-refractivity contribution < 1.29 is 29.0 Å². The third-order valence-electron chi connectivity index (χ3n) is 4.52. The fraction of sp³-hybridized carbons (Fsp3) is 0.250. The Balaban J connectivity index is 2.20. The zero-order valence-corrected chi connectivity index (χ0v) is 17.9. The monoisotopic (exact) mass is 438 g/mol. The van der Waals surface area contributed by atoms with Gasteiger partial charge in [0, 0.05) is 31.9 Å². The average molecular weight is 438 g/mol. The zero-order valence-electron chi connectivity index (χ0n) is 17.9. The molecule has 8 heteroatoms. The van der Waals surface area contributed by atoms with Gasteiger partial charge in [-0.1, -0.05) is 60.7 Å². The Morgan fingerprint density at radius 1 is 0.844 bits per heavy atom. The number of carboxylic acids is 1. The molecule has 0 aromatic heterocycles. The number of esters is 1. The molecule has 8 nitrogen and oxygen atoms in total. The first-order chi connectivity index (χ1) is 15.3. The van der Waals surface area contributed by atoms with Gasteiger partial charge in [0.2, 0.25) is 11.8 Å². The second-order valence-corrected chi connectivity index (χ2v) is 7.14. The Morgan fingerprint density at radius 3 is 1.78 bits per heavy atom. The normalized spacial score (nSPS) is 12.9. The molecule has 0 bridgehead atoms. The predicted octanol–water partition coefficient (Wildman–Crippen LogP) is 2.69. The molecule has 168 valence electrons. The highest BCUT2D eigenvalue weighted by Gasteiger charge is 2.23. The largest absolute Gasteiger partial charge is 0.478 e. The molecule has 2 aromatic rings. The van der Waals surface area contributed by atoms with Gasteiger partial charge < -0.3 is 20.5 Å². The molecule has 0 unspecified atom stereocenters. The molecule has 0 radical (unpaired) electrons. The molecular weight excluding hydrogens is 412 g/mol. The molecule has 0 aliphatic carbocycles. The molecule has 0 fully saturated rings. The number of hydrogen-bond donors (Lipinski definition) is 3. The minimum absolute atomic E-state index is 0.0785. The van der Waals surface area contributed by atoms with E-state index in [0.29, 0.717) is 5.56 Å². The molecule has 32 heavy (non-hydrogen) atoms. The van der Waals surface area contributed by atoms with Gasteiger partial charge in [-0.15, -0.1) is 0 Å². The highest BCUT2D eigenvalue weighted by molar-refractivity contribution is 5.96. The first kappa shape index (κ1) is 24.3. The number of hydrogen-bond acceptors (Lipinski definition) is 5. The first-order valence-corrected chi connectivity index (χ1v) is 10.0. The Bertz CT molecular complexity index is 972. The fourth-order valence-electron chi connectivity index (χ4n) is 3.16. The molecule has 0 aliphatic rings. The highest BCUT2D eigenvalue weighted by Crippen LogP contribution is 2.23. The number of nitrogens with one attached hydrogen (secondary N) is 2. The van der Waals surface area contributed by atoms with Crippen LogP contribution in [0.5, 0.6) is 0 Å². The zero-order chi connectivity index (χ0) is 23.5. The van der Waals surface area contributed by atoms with Gasteiger partial charge in [0.25, 0.3) is 0 Å². The third kappa shape index (κ3) is 8.06. The summed E-state index contributed by atoms with van der Waals surface area (Å²) in [5.41, 5.74) is 1.33. The lowest BCUT2D eigenvalue weighted by molar-refractivity contribution is -0.141. The standard InChI is InChI=1S/C24H26N2O6/c1-16(27)25-21(18-9-5-3-6-10-18)13-20(14-23(29)30)24(31)32-15-22(26-17(2)28)19-11-7-4-8-12-19/h3-12,14,21-22H,13,15H2,1-2H3,(H,25,27)(H,26,28)(H,29,30)/t21-,22+/m1/s1. The number of carbonyl (C=O) groups excluding carboxylic acids is 3. The van der Waals surface area contributed by atoms with Crippen LogP contribution in [0.3, 0.4) is 0 Å². The van der Waals surface area contributed by atoms with Crippen molar-refractivity contribution in [1.82, 2.24) is 10.6 Å². The molecule has 0 aliphatic heterocycles. The van der Waals surface area contributed by atoms with Crippen molar-refractivity contribution in [3.05, 3.63) is 83.4 Å². The maximum absolute atomic E-state index is 12.8. The molecule has 0 saturated heterocycles. The second-order valence-electron chi connectivity index (χ2n) is 7.14. The summed E-state index contributed by atoms with van der Waals surface area (Å²) >= 11 is 0. The van der Waals surface area contributed by atoms with E-state index in [4.69, 9.17) is 4.74 Å². The van der Waals surface area contributed by atoms with E-state index < -0.39 is 24.0 Å². The Labute approximate surface area is 186 Å². The van der Waals surface area contributed by atoms with Gasteiger partial charge in [-0.05, 0) is 11.1 Å². The predicted molar refractivity (Wildman–Crippen MR) is 117 cm³/mol. The number of benzene rings is 2. The van der Waals surface area contributed by atoms with Gasteiger partial charge in [-0.25, -0.2) is 9.59 Å². The molecule has 2 atom stereocenters. The van der Waals surface area contributed by atoms with E-state index in [2.05, 4.69) is 10.6 Å². The Morgan fingerprint density at radius 2 is 1.31 bits per heavy atom. The number of aliphatic carboxylic acids is 1. The van der Waals surface area contributed by atoms with E-state index in [9.17, 15) is 24.3 Å². The molecule has 2 rings (SSSR count). The summed E-state index contributed by atoms with van der Waals surface area (Å²) in [7, 11) is 0. The molecule has 2 aromatic carbocycles. The van der Waals surface area contributed by atoms with E-state index in [1.807, 2.05) is 12.1 Å². The van der Waals surface area contributed by atoms with Crippen molar-refractivity contribution in [1.29, 1.82) is 0 Å². The van der Waals surface area contributed by atoms with E-state index in [1.54, 1.807) is 48.5 Å². The number of rotatable bonds is 10. The summed E-state index contributed by atoms with van der Waals surface area (Å²) in [6.07, 6.45) is 0.695. The number of ether oxygens (including phenoxy) is 1. The SMILES string of the molecule is CC(=O)N[C@@H](COC(=O)C(=CC(=O)O)C[C@@H](NC(C)=O)c1ccccc1)c1ccccc1. The van der Waals surface area contributed by atoms with Crippen LogP contribution in [0.2, 0.25) is 0 Å². The first-order valence-electron chi connectivity index (χ1n) is 10.0. The maximum atomic E-state index is 12.8. The molecular formula is C24H26N2O6. The number of carboxylic acid groups (broad SMARTS) is 1. The smallest absolute Gasteiger partial charge is 0.334 e. The average Bonchev–Trinajstić information content (AvgIpc) is 2.75. The Hall–Kier alpha value is -3.94. The molecule has 0 spiro atoms. The van der Waals surface area contributed by atoms with Crippen LogP contribution in [0.4, 0.5) is 0 Å².